The fourth-order valence-corrected chi connectivity index (χ4v) is 1.59. The van der Waals surface area contributed by atoms with E-state index in [9.17, 15) is 4.79 Å². The van der Waals surface area contributed by atoms with E-state index in [0.29, 0.717) is 13.2 Å². The number of carbonyl (C=O) groups is 1. The van der Waals surface area contributed by atoms with E-state index in [1.165, 1.54) is 0 Å². The Morgan fingerprint density at radius 2 is 1.88 bits per heavy atom. The molecule has 94 valence electrons. The average molecular weight is 231 g/mol. The number of aliphatic carboxylic acids is 1. The van der Waals surface area contributed by atoms with Crippen molar-refractivity contribution in [3.8, 4) is 0 Å². The molecule has 16 heavy (non-hydrogen) atoms. The van der Waals surface area contributed by atoms with Crippen LogP contribution in [0.1, 0.15) is 27.7 Å². The molecule has 1 rings (SSSR count). The van der Waals surface area contributed by atoms with Crippen molar-refractivity contribution >= 4 is 5.97 Å². The van der Waals surface area contributed by atoms with E-state index in [0.717, 1.165) is 0 Å². The Balaban J connectivity index is 2.46. The first-order valence-electron chi connectivity index (χ1n) is 5.58. The molecule has 1 fully saturated rings. The number of hydrogen-bond donors (Lipinski definition) is 2. The lowest BCUT2D eigenvalue weighted by Crippen LogP contribution is -2.54. The van der Waals surface area contributed by atoms with Crippen LogP contribution in [-0.4, -0.2) is 42.2 Å². The van der Waals surface area contributed by atoms with E-state index in [2.05, 4.69) is 5.32 Å². The minimum atomic E-state index is -0.833. The van der Waals surface area contributed by atoms with Crippen LogP contribution >= 0.6 is 0 Å². The van der Waals surface area contributed by atoms with Crippen molar-refractivity contribution in [3.05, 3.63) is 0 Å². The molecular formula is C11H21NO4. The van der Waals surface area contributed by atoms with Gasteiger partial charge in [0, 0.05) is 0 Å². The molecule has 0 amide bonds. The predicted octanol–water partition coefficient (Wildman–Crippen LogP) is 0.837. The van der Waals surface area contributed by atoms with Gasteiger partial charge in [-0.15, -0.1) is 0 Å². The Bertz CT molecular complexity index is 242. The molecule has 0 aromatic heterocycles. The van der Waals surface area contributed by atoms with Crippen LogP contribution < -0.4 is 5.32 Å². The Kier molecular flexibility index (Phi) is 4.29. The van der Waals surface area contributed by atoms with Gasteiger partial charge in [-0.05, 0) is 19.8 Å². The molecule has 1 unspecified atom stereocenters. The molecule has 0 bridgehead atoms. The summed E-state index contributed by atoms with van der Waals surface area (Å²) >= 11 is 0. The molecule has 0 radical (unpaired) electrons. The van der Waals surface area contributed by atoms with Gasteiger partial charge in [0.2, 0.25) is 0 Å². The number of hydrogen-bond acceptors (Lipinski definition) is 4. The number of ether oxygens (including phenoxy) is 2. The zero-order valence-electron chi connectivity index (χ0n) is 10.3. The molecule has 2 N–H and O–H groups in total. The largest absolute Gasteiger partial charge is 0.480 e. The van der Waals surface area contributed by atoms with Gasteiger partial charge >= 0.3 is 5.97 Å². The van der Waals surface area contributed by atoms with Gasteiger partial charge in [0.1, 0.15) is 6.04 Å². The first-order valence-corrected chi connectivity index (χ1v) is 5.58. The molecule has 1 saturated heterocycles. The van der Waals surface area contributed by atoms with E-state index < -0.39 is 17.8 Å². The summed E-state index contributed by atoms with van der Waals surface area (Å²) in [6.45, 7) is 8.40. The summed E-state index contributed by atoms with van der Waals surface area (Å²) in [6.07, 6.45) is 0. The number of carboxylic acids is 1. The molecule has 5 nitrogen and oxygen atoms in total. The molecule has 1 aliphatic heterocycles. The van der Waals surface area contributed by atoms with E-state index >= 15 is 0 Å². The third kappa shape index (κ3) is 3.73. The van der Waals surface area contributed by atoms with E-state index in [1.54, 1.807) is 0 Å². The second-order valence-corrected chi connectivity index (χ2v) is 4.95. The van der Waals surface area contributed by atoms with Gasteiger partial charge < -0.3 is 14.6 Å². The standard InChI is InChI=1S/C11H21NO4/c1-7(2)9(10(13)14)12-8-5-15-11(3,4)16-6-8/h7-9,12H,5-6H2,1-4H3,(H,13,14). The van der Waals surface area contributed by atoms with Crippen molar-refractivity contribution in [1.82, 2.24) is 5.32 Å². The first-order chi connectivity index (χ1) is 7.32. The lowest BCUT2D eigenvalue weighted by molar-refractivity contribution is -0.253. The minimum Gasteiger partial charge on any atom is -0.480 e. The van der Waals surface area contributed by atoms with Gasteiger partial charge in [-0.25, -0.2) is 0 Å². The summed E-state index contributed by atoms with van der Waals surface area (Å²) in [6, 6.07) is -0.616. The number of nitrogens with one attached hydrogen (secondary N) is 1. The number of carboxylic acid groups (broad SMARTS) is 1. The van der Waals surface area contributed by atoms with Crippen LogP contribution in [-0.2, 0) is 14.3 Å². The van der Waals surface area contributed by atoms with Crippen molar-refractivity contribution in [2.45, 2.75) is 45.6 Å². The van der Waals surface area contributed by atoms with Crippen LogP contribution in [0.4, 0.5) is 0 Å². The summed E-state index contributed by atoms with van der Waals surface area (Å²) in [7, 11) is 0. The van der Waals surface area contributed by atoms with Crippen LogP contribution in [0.3, 0.4) is 0 Å². The molecule has 0 saturated carbocycles. The SMILES string of the molecule is CC(C)C(NC1COC(C)(C)OC1)C(=O)O. The highest BCUT2D eigenvalue weighted by Gasteiger charge is 2.31. The number of rotatable bonds is 4. The average Bonchev–Trinajstić information content (AvgIpc) is 2.15. The highest BCUT2D eigenvalue weighted by atomic mass is 16.7. The van der Waals surface area contributed by atoms with Crippen LogP contribution in [0.15, 0.2) is 0 Å². The van der Waals surface area contributed by atoms with Crippen molar-refractivity contribution < 1.29 is 19.4 Å². The Labute approximate surface area is 96.1 Å². The third-order valence-corrected chi connectivity index (χ3v) is 2.61. The van der Waals surface area contributed by atoms with E-state index in [1.807, 2.05) is 27.7 Å². The Morgan fingerprint density at radius 3 is 2.25 bits per heavy atom. The van der Waals surface area contributed by atoms with Crippen LogP contribution in [0, 0.1) is 5.92 Å². The summed E-state index contributed by atoms with van der Waals surface area (Å²) < 4.78 is 10.9. The van der Waals surface area contributed by atoms with Gasteiger partial charge in [-0.1, -0.05) is 13.8 Å². The van der Waals surface area contributed by atoms with E-state index in [4.69, 9.17) is 14.6 Å². The Morgan fingerprint density at radius 1 is 1.38 bits per heavy atom. The molecule has 0 aromatic carbocycles. The maximum Gasteiger partial charge on any atom is 0.320 e. The van der Waals surface area contributed by atoms with Gasteiger partial charge in [0.25, 0.3) is 0 Å². The zero-order chi connectivity index (χ0) is 12.3. The second kappa shape index (κ2) is 5.12. The molecule has 5 heteroatoms. The Hall–Kier alpha value is -0.650. The van der Waals surface area contributed by atoms with Gasteiger partial charge in [-0.2, -0.15) is 0 Å². The van der Waals surface area contributed by atoms with Crippen LogP contribution in [0.2, 0.25) is 0 Å². The fraction of sp³-hybridized carbons (Fsp3) is 0.909. The highest BCUT2D eigenvalue weighted by Crippen LogP contribution is 2.17. The first kappa shape index (κ1) is 13.4. The maximum absolute atomic E-state index is 11.0. The maximum atomic E-state index is 11.0. The second-order valence-electron chi connectivity index (χ2n) is 4.95. The monoisotopic (exact) mass is 231 g/mol. The zero-order valence-corrected chi connectivity index (χ0v) is 10.3. The molecule has 1 aliphatic rings. The molecular weight excluding hydrogens is 210 g/mol. The third-order valence-electron chi connectivity index (χ3n) is 2.61. The molecule has 0 aromatic rings. The van der Waals surface area contributed by atoms with Gasteiger partial charge in [0.15, 0.2) is 5.79 Å². The van der Waals surface area contributed by atoms with E-state index in [-0.39, 0.29) is 12.0 Å². The van der Waals surface area contributed by atoms with Crippen LogP contribution in [0.25, 0.3) is 0 Å². The smallest absolute Gasteiger partial charge is 0.320 e. The summed E-state index contributed by atoms with van der Waals surface area (Å²) in [4.78, 5) is 11.0. The highest BCUT2D eigenvalue weighted by molar-refractivity contribution is 5.73. The van der Waals surface area contributed by atoms with Crippen molar-refractivity contribution in [2.24, 2.45) is 5.92 Å². The normalized spacial score (nSPS) is 23.3. The van der Waals surface area contributed by atoms with Crippen molar-refractivity contribution in [2.75, 3.05) is 13.2 Å². The minimum absolute atomic E-state index is 0.0347. The van der Waals surface area contributed by atoms with Crippen LogP contribution in [0.5, 0.6) is 0 Å². The molecule has 0 spiro atoms. The molecule has 0 aliphatic carbocycles. The molecule has 1 heterocycles. The van der Waals surface area contributed by atoms with Gasteiger partial charge in [-0.3, -0.25) is 10.1 Å². The topological polar surface area (TPSA) is 67.8 Å². The quantitative estimate of drug-likeness (QED) is 0.750. The molecule has 1 atom stereocenters. The fourth-order valence-electron chi connectivity index (χ4n) is 1.59. The lowest BCUT2D eigenvalue weighted by Gasteiger charge is -2.36. The summed E-state index contributed by atoms with van der Waals surface area (Å²) in [5, 5.41) is 12.1. The lowest BCUT2D eigenvalue weighted by atomic mass is 10.0. The summed E-state index contributed by atoms with van der Waals surface area (Å²) in [5.74, 6) is -1.36. The van der Waals surface area contributed by atoms with Crippen molar-refractivity contribution in [1.29, 1.82) is 0 Å². The predicted molar refractivity (Wildman–Crippen MR) is 59.2 cm³/mol. The van der Waals surface area contributed by atoms with Gasteiger partial charge in [0.05, 0.1) is 19.3 Å². The van der Waals surface area contributed by atoms with Crippen molar-refractivity contribution in [3.63, 3.8) is 0 Å². The summed E-state index contributed by atoms with van der Waals surface area (Å²) in [5.41, 5.74) is 0.